The lowest BCUT2D eigenvalue weighted by atomic mass is 10.2. The van der Waals surface area contributed by atoms with Gasteiger partial charge in [0.15, 0.2) is 6.10 Å². The summed E-state index contributed by atoms with van der Waals surface area (Å²) in [5, 5.41) is 0. The van der Waals surface area contributed by atoms with E-state index < -0.39 is 6.10 Å². The zero-order valence-corrected chi connectivity index (χ0v) is 17.5. The van der Waals surface area contributed by atoms with E-state index in [9.17, 15) is 9.59 Å². The first kappa shape index (κ1) is 21.8. The molecule has 6 heteroatoms. The lowest BCUT2D eigenvalue weighted by Crippen LogP contribution is -2.51. The van der Waals surface area contributed by atoms with E-state index in [4.69, 9.17) is 9.47 Å². The zero-order chi connectivity index (χ0) is 21.2. The van der Waals surface area contributed by atoms with Gasteiger partial charge >= 0.3 is 5.97 Å². The van der Waals surface area contributed by atoms with Crippen molar-refractivity contribution in [3.63, 3.8) is 0 Å². The van der Waals surface area contributed by atoms with Gasteiger partial charge in [0.2, 0.25) is 0 Å². The van der Waals surface area contributed by atoms with Crippen molar-refractivity contribution in [2.45, 2.75) is 32.4 Å². The van der Waals surface area contributed by atoms with Gasteiger partial charge in [0.25, 0.3) is 5.91 Å². The van der Waals surface area contributed by atoms with Crippen LogP contribution in [0.5, 0.6) is 5.75 Å². The molecule has 0 N–H and O–H groups in total. The molecule has 1 amide bonds. The van der Waals surface area contributed by atoms with Crippen LogP contribution in [-0.4, -0.2) is 60.6 Å². The van der Waals surface area contributed by atoms with Gasteiger partial charge in [-0.3, -0.25) is 14.5 Å². The highest BCUT2D eigenvalue weighted by atomic mass is 16.5. The molecule has 0 aromatic heterocycles. The summed E-state index contributed by atoms with van der Waals surface area (Å²) in [6.07, 6.45) is 0.0236. The molecule has 0 radical (unpaired) electrons. The minimum absolute atomic E-state index is 0.122. The summed E-state index contributed by atoms with van der Waals surface area (Å²) in [6.45, 7) is 5.91. The summed E-state index contributed by atoms with van der Waals surface area (Å²) < 4.78 is 10.9. The molecule has 0 saturated carbocycles. The highest BCUT2D eigenvalue weighted by Crippen LogP contribution is 2.12. The van der Waals surface area contributed by atoms with Crippen LogP contribution >= 0.6 is 0 Å². The van der Waals surface area contributed by atoms with Crippen LogP contribution in [0, 0.1) is 0 Å². The van der Waals surface area contributed by atoms with Crippen molar-refractivity contribution < 1.29 is 19.1 Å². The molecule has 1 heterocycles. The van der Waals surface area contributed by atoms with Crippen LogP contribution in [-0.2, 0) is 20.9 Å². The maximum Gasteiger partial charge on any atom is 0.306 e. The maximum atomic E-state index is 12.6. The molecule has 0 bridgehead atoms. The fourth-order valence-corrected chi connectivity index (χ4v) is 3.45. The third kappa shape index (κ3) is 6.88. The molecule has 0 spiro atoms. The Bertz CT molecular complexity index is 789. The predicted octanol–water partition coefficient (Wildman–Crippen LogP) is 3.12. The predicted molar refractivity (Wildman–Crippen MR) is 115 cm³/mol. The fourth-order valence-electron chi connectivity index (χ4n) is 3.45. The molecule has 1 saturated heterocycles. The van der Waals surface area contributed by atoms with E-state index in [0.29, 0.717) is 26.1 Å². The van der Waals surface area contributed by atoms with E-state index in [1.54, 1.807) is 11.8 Å². The van der Waals surface area contributed by atoms with Crippen molar-refractivity contribution in [2.24, 2.45) is 0 Å². The third-order valence-corrected chi connectivity index (χ3v) is 5.13. The fraction of sp³-hybridized carbons (Fsp3) is 0.417. The molecule has 1 aliphatic heterocycles. The number of piperazine rings is 1. The third-order valence-electron chi connectivity index (χ3n) is 5.13. The Labute approximate surface area is 178 Å². The SMILES string of the molecule is CC(OC(=O)CCCOc1ccccc1)C(=O)N1CCN(Cc2ccccc2)CC1. The second-order valence-corrected chi connectivity index (χ2v) is 7.48. The summed E-state index contributed by atoms with van der Waals surface area (Å²) in [4.78, 5) is 28.8. The van der Waals surface area contributed by atoms with Gasteiger partial charge in [-0.25, -0.2) is 0 Å². The van der Waals surface area contributed by atoms with Crippen LogP contribution in [0.2, 0.25) is 0 Å². The standard InChI is InChI=1S/C24H30N2O4/c1-20(30-23(27)13-8-18-29-22-11-6-3-7-12-22)24(28)26-16-14-25(15-17-26)19-21-9-4-2-5-10-21/h2-7,9-12,20H,8,13-19H2,1H3. The summed E-state index contributed by atoms with van der Waals surface area (Å²) in [5.74, 6) is 0.291. The monoisotopic (exact) mass is 410 g/mol. The second-order valence-electron chi connectivity index (χ2n) is 7.48. The van der Waals surface area contributed by atoms with Crippen molar-refractivity contribution in [1.82, 2.24) is 9.80 Å². The van der Waals surface area contributed by atoms with Gasteiger partial charge in [0, 0.05) is 39.1 Å². The molecule has 1 atom stereocenters. The minimum atomic E-state index is -0.756. The largest absolute Gasteiger partial charge is 0.494 e. The number of benzene rings is 2. The number of esters is 1. The van der Waals surface area contributed by atoms with Crippen molar-refractivity contribution in [1.29, 1.82) is 0 Å². The van der Waals surface area contributed by atoms with Crippen molar-refractivity contribution in [2.75, 3.05) is 32.8 Å². The molecule has 0 aliphatic carbocycles. The van der Waals surface area contributed by atoms with Gasteiger partial charge < -0.3 is 14.4 Å². The smallest absolute Gasteiger partial charge is 0.306 e. The Morgan fingerprint density at radius 3 is 2.23 bits per heavy atom. The Morgan fingerprint density at radius 2 is 1.57 bits per heavy atom. The molecule has 1 fully saturated rings. The Morgan fingerprint density at radius 1 is 0.933 bits per heavy atom. The number of hydrogen-bond donors (Lipinski definition) is 0. The van der Waals surface area contributed by atoms with Gasteiger partial charge in [-0.05, 0) is 31.0 Å². The van der Waals surface area contributed by atoms with Gasteiger partial charge in [-0.2, -0.15) is 0 Å². The van der Waals surface area contributed by atoms with Gasteiger partial charge in [-0.15, -0.1) is 0 Å². The summed E-state index contributed by atoms with van der Waals surface area (Å²) in [7, 11) is 0. The average molecular weight is 411 g/mol. The van der Waals surface area contributed by atoms with Crippen LogP contribution in [0.3, 0.4) is 0 Å². The van der Waals surface area contributed by atoms with Crippen molar-refractivity contribution >= 4 is 11.9 Å². The van der Waals surface area contributed by atoms with E-state index in [2.05, 4.69) is 17.0 Å². The normalized spacial score (nSPS) is 15.4. The van der Waals surface area contributed by atoms with Crippen LogP contribution in [0.1, 0.15) is 25.3 Å². The van der Waals surface area contributed by atoms with E-state index in [-0.39, 0.29) is 18.3 Å². The first-order valence-electron chi connectivity index (χ1n) is 10.5. The summed E-state index contributed by atoms with van der Waals surface area (Å²) in [6, 6.07) is 19.8. The molecule has 2 aromatic carbocycles. The van der Waals surface area contributed by atoms with Crippen LogP contribution in [0.25, 0.3) is 0 Å². The van der Waals surface area contributed by atoms with Crippen molar-refractivity contribution in [3.8, 4) is 5.75 Å². The molecule has 2 aromatic rings. The number of amides is 1. The van der Waals surface area contributed by atoms with E-state index >= 15 is 0 Å². The molecular formula is C24H30N2O4. The summed E-state index contributed by atoms with van der Waals surface area (Å²) in [5.41, 5.74) is 1.27. The Balaban J connectivity index is 1.32. The van der Waals surface area contributed by atoms with Gasteiger partial charge in [0.05, 0.1) is 6.61 Å². The molecule has 30 heavy (non-hydrogen) atoms. The molecule has 1 unspecified atom stereocenters. The van der Waals surface area contributed by atoms with Crippen LogP contribution in [0.4, 0.5) is 0 Å². The second kappa shape index (κ2) is 11.4. The quantitative estimate of drug-likeness (QED) is 0.470. The highest BCUT2D eigenvalue weighted by molar-refractivity contribution is 5.83. The zero-order valence-electron chi connectivity index (χ0n) is 17.5. The van der Waals surface area contributed by atoms with Gasteiger partial charge in [-0.1, -0.05) is 48.5 Å². The number of ether oxygens (including phenoxy) is 2. The molecule has 6 nitrogen and oxygen atoms in total. The number of hydrogen-bond acceptors (Lipinski definition) is 5. The molecule has 3 rings (SSSR count). The Kier molecular flexibility index (Phi) is 8.27. The first-order valence-corrected chi connectivity index (χ1v) is 10.5. The van der Waals surface area contributed by atoms with E-state index in [1.165, 1.54) is 5.56 Å². The van der Waals surface area contributed by atoms with Gasteiger partial charge in [0.1, 0.15) is 5.75 Å². The topological polar surface area (TPSA) is 59.1 Å². The number of para-hydroxylation sites is 1. The van der Waals surface area contributed by atoms with Crippen molar-refractivity contribution in [3.05, 3.63) is 66.2 Å². The number of nitrogens with zero attached hydrogens (tertiary/aromatic N) is 2. The number of carbonyl (C=O) groups is 2. The van der Waals surface area contributed by atoms with Crippen LogP contribution in [0.15, 0.2) is 60.7 Å². The maximum absolute atomic E-state index is 12.6. The van der Waals surface area contributed by atoms with E-state index in [1.807, 2.05) is 48.5 Å². The minimum Gasteiger partial charge on any atom is -0.494 e. The Hall–Kier alpha value is -2.86. The lowest BCUT2D eigenvalue weighted by Gasteiger charge is -2.35. The molecule has 1 aliphatic rings. The lowest BCUT2D eigenvalue weighted by molar-refractivity contribution is -0.160. The average Bonchev–Trinajstić information content (AvgIpc) is 2.78. The number of carbonyl (C=O) groups excluding carboxylic acids is 2. The molecular weight excluding hydrogens is 380 g/mol. The molecule has 160 valence electrons. The first-order chi connectivity index (χ1) is 14.6. The highest BCUT2D eigenvalue weighted by Gasteiger charge is 2.27. The number of rotatable bonds is 9. The van der Waals surface area contributed by atoms with Crippen LogP contribution < -0.4 is 4.74 Å². The van der Waals surface area contributed by atoms with E-state index in [0.717, 1.165) is 25.4 Å². The summed E-state index contributed by atoms with van der Waals surface area (Å²) >= 11 is 0.